The Labute approximate surface area is 130 Å². The molecule has 5 nitrogen and oxygen atoms in total. The minimum atomic E-state index is -4.58. The van der Waals surface area contributed by atoms with Gasteiger partial charge in [0.2, 0.25) is 0 Å². The monoisotopic (exact) mass is 338 g/mol. The number of hydrogen-bond donors (Lipinski definition) is 3. The maximum atomic E-state index is 13.1. The molecule has 23 heavy (non-hydrogen) atoms. The van der Waals surface area contributed by atoms with E-state index in [2.05, 4.69) is 15.4 Å². The number of carbonyl (C=O) groups is 1. The maximum Gasteiger partial charge on any atom is 0.422 e. The van der Waals surface area contributed by atoms with Gasteiger partial charge in [-0.25, -0.2) is 9.18 Å². The van der Waals surface area contributed by atoms with E-state index in [1.54, 1.807) is 6.92 Å². The van der Waals surface area contributed by atoms with Crippen molar-refractivity contribution >= 4 is 11.7 Å². The normalized spacial score (nSPS) is 12.6. The van der Waals surface area contributed by atoms with Crippen LogP contribution in [0.4, 0.5) is 28.0 Å². The second kappa shape index (κ2) is 8.56. The topological polar surface area (TPSA) is 70.6 Å². The number of amides is 2. The van der Waals surface area contributed by atoms with Crippen molar-refractivity contribution in [2.45, 2.75) is 32.0 Å². The summed E-state index contributed by atoms with van der Waals surface area (Å²) in [6.45, 7) is 0.0989. The number of halogens is 4. The predicted molar refractivity (Wildman–Crippen MR) is 75.9 cm³/mol. The summed E-state index contributed by atoms with van der Waals surface area (Å²) in [6, 6.07) is 1.95. The number of alkyl halides is 3. The zero-order valence-corrected chi connectivity index (χ0v) is 12.4. The van der Waals surface area contributed by atoms with Crippen LogP contribution >= 0.6 is 0 Å². The van der Waals surface area contributed by atoms with Crippen molar-refractivity contribution in [1.82, 2.24) is 5.32 Å². The van der Waals surface area contributed by atoms with Gasteiger partial charge in [0.1, 0.15) is 11.6 Å². The Hall–Kier alpha value is -2.03. The van der Waals surface area contributed by atoms with E-state index in [0.29, 0.717) is 12.8 Å². The summed E-state index contributed by atoms with van der Waals surface area (Å²) >= 11 is 0. The van der Waals surface area contributed by atoms with Gasteiger partial charge in [0.25, 0.3) is 0 Å². The number of nitrogens with one attached hydrogen (secondary N) is 2. The molecule has 2 amide bonds. The summed E-state index contributed by atoms with van der Waals surface area (Å²) in [7, 11) is 0. The molecule has 0 radical (unpaired) electrons. The molecular formula is C14H18F4N2O3. The Balaban J connectivity index is 2.69. The third kappa shape index (κ3) is 7.68. The molecule has 0 spiro atoms. The Morgan fingerprint density at radius 2 is 2.09 bits per heavy atom. The Kier molecular flexibility index (Phi) is 7.08. The minimum Gasteiger partial charge on any atom is -0.482 e. The molecule has 0 aliphatic rings. The lowest BCUT2D eigenvalue weighted by atomic mass is 10.2. The van der Waals surface area contributed by atoms with Crippen LogP contribution in [0.15, 0.2) is 18.2 Å². The molecule has 9 heteroatoms. The number of ether oxygens (including phenoxy) is 1. The molecule has 0 bridgehead atoms. The fourth-order valence-electron chi connectivity index (χ4n) is 1.73. The van der Waals surface area contributed by atoms with E-state index in [1.807, 2.05) is 0 Å². The van der Waals surface area contributed by atoms with Crippen molar-refractivity contribution in [2.75, 3.05) is 18.5 Å². The molecule has 0 saturated heterocycles. The van der Waals surface area contributed by atoms with Crippen molar-refractivity contribution in [3.05, 3.63) is 24.0 Å². The lowest BCUT2D eigenvalue weighted by Crippen LogP contribution is -2.36. The number of aliphatic hydroxyl groups is 1. The van der Waals surface area contributed by atoms with Gasteiger partial charge in [0.05, 0.1) is 5.69 Å². The molecule has 1 unspecified atom stereocenters. The molecule has 130 valence electrons. The molecule has 0 aliphatic carbocycles. The summed E-state index contributed by atoms with van der Waals surface area (Å²) in [6.07, 6.45) is -3.55. The van der Waals surface area contributed by atoms with Gasteiger partial charge < -0.3 is 20.5 Å². The largest absolute Gasteiger partial charge is 0.482 e. The van der Waals surface area contributed by atoms with Crippen molar-refractivity contribution in [3.63, 3.8) is 0 Å². The Morgan fingerprint density at radius 3 is 2.70 bits per heavy atom. The van der Waals surface area contributed by atoms with Crippen LogP contribution in [0.5, 0.6) is 5.75 Å². The first-order chi connectivity index (χ1) is 10.7. The SMILES string of the molecule is CC(CCCO)NC(=O)Nc1ccc(F)cc1OCC(F)(F)F. The van der Waals surface area contributed by atoms with E-state index in [4.69, 9.17) is 5.11 Å². The van der Waals surface area contributed by atoms with Crippen LogP contribution in [0.3, 0.4) is 0 Å². The first-order valence-electron chi connectivity index (χ1n) is 6.88. The molecule has 1 aromatic carbocycles. The highest BCUT2D eigenvalue weighted by molar-refractivity contribution is 5.91. The zero-order chi connectivity index (χ0) is 17.5. The third-order valence-corrected chi connectivity index (χ3v) is 2.76. The molecule has 1 aromatic rings. The van der Waals surface area contributed by atoms with Crippen LogP contribution in [0.25, 0.3) is 0 Å². The van der Waals surface area contributed by atoms with Crippen LogP contribution in [0.1, 0.15) is 19.8 Å². The smallest absolute Gasteiger partial charge is 0.422 e. The van der Waals surface area contributed by atoms with E-state index >= 15 is 0 Å². The van der Waals surface area contributed by atoms with E-state index in [-0.39, 0.29) is 18.3 Å². The van der Waals surface area contributed by atoms with Crippen LogP contribution in [-0.4, -0.2) is 36.6 Å². The van der Waals surface area contributed by atoms with Crippen molar-refractivity contribution in [2.24, 2.45) is 0 Å². The van der Waals surface area contributed by atoms with Gasteiger partial charge in [-0.1, -0.05) is 0 Å². The number of anilines is 1. The second-order valence-electron chi connectivity index (χ2n) is 4.91. The van der Waals surface area contributed by atoms with Gasteiger partial charge in [-0.3, -0.25) is 0 Å². The summed E-state index contributed by atoms with van der Waals surface area (Å²) in [5.74, 6) is -1.20. The molecule has 1 atom stereocenters. The molecule has 3 N–H and O–H groups in total. The fraction of sp³-hybridized carbons (Fsp3) is 0.500. The molecule has 0 aromatic heterocycles. The number of hydrogen-bond acceptors (Lipinski definition) is 3. The van der Waals surface area contributed by atoms with Crippen molar-refractivity contribution in [3.8, 4) is 5.75 Å². The predicted octanol–water partition coefficient (Wildman–Crippen LogP) is 3.05. The van der Waals surface area contributed by atoms with Crippen LogP contribution in [0, 0.1) is 5.82 Å². The van der Waals surface area contributed by atoms with Crippen molar-refractivity contribution < 1.29 is 32.2 Å². The zero-order valence-electron chi connectivity index (χ0n) is 12.4. The van der Waals surface area contributed by atoms with Gasteiger partial charge >= 0.3 is 12.2 Å². The molecule has 0 fully saturated rings. The minimum absolute atomic E-state index is 0.0129. The van der Waals surface area contributed by atoms with E-state index < -0.39 is 30.4 Å². The molecule has 0 aliphatic heterocycles. The highest BCUT2D eigenvalue weighted by atomic mass is 19.4. The number of urea groups is 1. The lowest BCUT2D eigenvalue weighted by Gasteiger charge is -2.17. The summed E-state index contributed by atoms with van der Waals surface area (Å²) in [5, 5.41) is 13.6. The lowest BCUT2D eigenvalue weighted by molar-refractivity contribution is -0.153. The second-order valence-corrected chi connectivity index (χ2v) is 4.91. The standard InChI is InChI=1S/C14H18F4N2O3/c1-9(3-2-6-21)19-13(22)20-11-5-4-10(15)7-12(11)23-8-14(16,17)18/h4-5,7,9,21H,2-3,6,8H2,1H3,(H2,19,20,22). The number of aliphatic hydroxyl groups excluding tert-OH is 1. The molecule has 1 rings (SSSR count). The molecular weight excluding hydrogens is 320 g/mol. The number of benzene rings is 1. The van der Waals surface area contributed by atoms with Crippen molar-refractivity contribution in [1.29, 1.82) is 0 Å². The third-order valence-electron chi connectivity index (χ3n) is 2.76. The first-order valence-corrected chi connectivity index (χ1v) is 6.88. The van der Waals surface area contributed by atoms with Crippen LogP contribution in [0.2, 0.25) is 0 Å². The summed E-state index contributed by atoms with van der Waals surface area (Å²) in [5.41, 5.74) is -0.0810. The van der Waals surface area contributed by atoms with E-state index in [9.17, 15) is 22.4 Å². The highest BCUT2D eigenvalue weighted by Gasteiger charge is 2.29. The highest BCUT2D eigenvalue weighted by Crippen LogP contribution is 2.27. The quantitative estimate of drug-likeness (QED) is 0.669. The van der Waals surface area contributed by atoms with Gasteiger partial charge in [-0.15, -0.1) is 0 Å². The van der Waals surface area contributed by atoms with E-state index in [0.717, 1.165) is 18.2 Å². The average Bonchev–Trinajstić information content (AvgIpc) is 2.44. The van der Waals surface area contributed by atoms with Gasteiger partial charge in [-0.2, -0.15) is 13.2 Å². The maximum absolute atomic E-state index is 13.1. The molecule has 0 heterocycles. The summed E-state index contributed by atoms with van der Waals surface area (Å²) < 4.78 is 54.2. The van der Waals surface area contributed by atoms with Gasteiger partial charge in [0.15, 0.2) is 6.61 Å². The number of rotatable bonds is 7. The summed E-state index contributed by atoms with van der Waals surface area (Å²) in [4.78, 5) is 11.8. The van der Waals surface area contributed by atoms with Crippen LogP contribution < -0.4 is 15.4 Å². The number of carbonyl (C=O) groups excluding carboxylic acids is 1. The first kappa shape index (κ1) is 19.0. The van der Waals surface area contributed by atoms with Gasteiger partial charge in [0, 0.05) is 18.7 Å². The Bertz CT molecular complexity index is 523. The average molecular weight is 338 g/mol. The van der Waals surface area contributed by atoms with Gasteiger partial charge in [-0.05, 0) is 31.9 Å². The van der Waals surface area contributed by atoms with Crippen LogP contribution in [-0.2, 0) is 0 Å². The fourth-order valence-corrected chi connectivity index (χ4v) is 1.73. The Morgan fingerprint density at radius 1 is 1.39 bits per heavy atom. The van der Waals surface area contributed by atoms with E-state index in [1.165, 1.54) is 0 Å². The molecule has 0 saturated carbocycles.